The van der Waals surface area contributed by atoms with E-state index in [1.165, 1.54) is 16.7 Å². The summed E-state index contributed by atoms with van der Waals surface area (Å²) in [6.45, 7) is 0. The number of benzene rings is 3. The van der Waals surface area contributed by atoms with Crippen LogP contribution in [0, 0.1) is 0 Å². The average Bonchev–Trinajstić information content (AvgIpc) is 3.08. The molecule has 1 amide bonds. The Labute approximate surface area is 189 Å². The van der Waals surface area contributed by atoms with Gasteiger partial charge in [-0.25, -0.2) is 9.78 Å². The molecule has 4 aromatic rings. The molecule has 2 heterocycles. The average molecular weight is 488 g/mol. The molecule has 0 bridgehead atoms. The number of hydrogen-bond donors (Lipinski definition) is 2. The van der Waals surface area contributed by atoms with Crippen LogP contribution in [0.1, 0.15) is 21.7 Å². The van der Waals surface area contributed by atoms with E-state index in [0.29, 0.717) is 33.4 Å². The number of nitrogens with one attached hydrogen (secondary N) is 1. The molecule has 8 heteroatoms. The van der Waals surface area contributed by atoms with Crippen LogP contribution in [0.5, 0.6) is 0 Å². The molecule has 0 atom stereocenters. The molecule has 0 radical (unpaired) electrons. The largest absolute Gasteiger partial charge is 0.478 e. The van der Waals surface area contributed by atoms with Crippen LogP contribution in [0.25, 0.3) is 28.2 Å². The SMILES string of the molecule is O=C1Nc2ccc(Br)cc2/C1=C/c1nc2ccccc2c(=O)n1-c1cccc(C(=O)O)c1. The first kappa shape index (κ1) is 19.9. The molecule has 7 nitrogen and oxygen atoms in total. The number of fused-ring (bicyclic) bond motifs is 2. The highest BCUT2D eigenvalue weighted by Crippen LogP contribution is 2.35. The summed E-state index contributed by atoms with van der Waals surface area (Å²) in [7, 11) is 0. The highest BCUT2D eigenvalue weighted by atomic mass is 79.9. The number of amides is 1. The van der Waals surface area contributed by atoms with E-state index in [9.17, 15) is 19.5 Å². The van der Waals surface area contributed by atoms with Crippen molar-refractivity contribution >= 4 is 56.0 Å². The number of anilines is 1. The molecular formula is C24H14BrN3O4. The van der Waals surface area contributed by atoms with E-state index in [1.54, 1.807) is 48.5 Å². The molecule has 32 heavy (non-hydrogen) atoms. The fourth-order valence-electron chi connectivity index (χ4n) is 3.71. The van der Waals surface area contributed by atoms with Crippen molar-refractivity contribution in [3.8, 4) is 5.69 Å². The number of rotatable bonds is 3. The van der Waals surface area contributed by atoms with Crippen molar-refractivity contribution in [1.29, 1.82) is 0 Å². The number of aromatic nitrogens is 2. The lowest BCUT2D eigenvalue weighted by atomic mass is 10.1. The quantitative estimate of drug-likeness (QED) is 0.418. The summed E-state index contributed by atoms with van der Waals surface area (Å²) in [6, 6.07) is 18.4. The number of nitrogens with zero attached hydrogens (tertiary/aromatic N) is 2. The molecule has 5 rings (SSSR count). The Hall–Kier alpha value is -4.04. The molecule has 2 N–H and O–H groups in total. The lowest BCUT2D eigenvalue weighted by Gasteiger charge is -2.12. The second-order valence-electron chi connectivity index (χ2n) is 7.19. The summed E-state index contributed by atoms with van der Waals surface area (Å²) in [5, 5.41) is 12.6. The molecule has 0 spiro atoms. The highest BCUT2D eigenvalue weighted by molar-refractivity contribution is 9.10. The van der Waals surface area contributed by atoms with Crippen molar-refractivity contribution in [1.82, 2.24) is 9.55 Å². The maximum Gasteiger partial charge on any atom is 0.335 e. The Morgan fingerprint density at radius 2 is 1.84 bits per heavy atom. The van der Waals surface area contributed by atoms with Crippen molar-refractivity contribution < 1.29 is 14.7 Å². The minimum atomic E-state index is -1.11. The first-order valence-corrected chi connectivity index (χ1v) is 10.4. The normalized spacial score (nSPS) is 13.9. The van der Waals surface area contributed by atoms with Gasteiger partial charge in [0.05, 0.1) is 27.7 Å². The predicted molar refractivity (Wildman–Crippen MR) is 125 cm³/mol. The van der Waals surface area contributed by atoms with Gasteiger partial charge in [-0.15, -0.1) is 0 Å². The van der Waals surface area contributed by atoms with Crippen molar-refractivity contribution in [2.45, 2.75) is 0 Å². The number of carboxylic acids is 1. The lowest BCUT2D eigenvalue weighted by molar-refractivity contribution is -0.110. The van der Waals surface area contributed by atoms with Crippen molar-refractivity contribution in [2.24, 2.45) is 0 Å². The molecule has 0 saturated heterocycles. The van der Waals surface area contributed by atoms with Gasteiger partial charge < -0.3 is 10.4 Å². The smallest absolute Gasteiger partial charge is 0.335 e. The molecule has 0 unspecified atom stereocenters. The summed E-state index contributed by atoms with van der Waals surface area (Å²) < 4.78 is 2.13. The van der Waals surface area contributed by atoms with E-state index in [2.05, 4.69) is 26.2 Å². The monoisotopic (exact) mass is 487 g/mol. The molecule has 3 aromatic carbocycles. The summed E-state index contributed by atoms with van der Waals surface area (Å²) in [5.41, 5.74) is 2.18. The van der Waals surface area contributed by atoms with Gasteiger partial charge in [-0.1, -0.05) is 34.1 Å². The maximum atomic E-state index is 13.4. The Morgan fingerprint density at radius 1 is 1.03 bits per heavy atom. The summed E-state index contributed by atoms with van der Waals surface area (Å²) in [4.78, 5) is 42.2. The van der Waals surface area contributed by atoms with Gasteiger partial charge in [-0.2, -0.15) is 0 Å². The fraction of sp³-hybridized carbons (Fsp3) is 0. The lowest BCUT2D eigenvalue weighted by Crippen LogP contribution is -2.23. The van der Waals surface area contributed by atoms with Gasteiger partial charge in [0.2, 0.25) is 0 Å². The molecule has 0 aliphatic carbocycles. The number of carbonyl (C=O) groups excluding carboxylic acids is 1. The second-order valence-corrected chi connectivity index (χ2v) is 8.10. The summed E-state index contributed by atoms with van der Waals surface area (Å²) in [6.07, 6.45) is 1.55. The number of hydrogen-bond acceptors (Lipinski definition) is 4. The van der Waals surface area contributed by atoms with E-state index in [4.69, 9.17) is 0 Å². The van der Waals surface area contributed by atoms with Crippen LogP contribution >= 0.6 is 15.9 Å². The number of halogens is 1. The second kappa shape index (κ2) is 7.58. The van der Waals surface area contributed by atoms with Crippen LogP contribution in [0.2, 0.25) is 0 Å². The zero-order valence-electron chi connectivity index (χ0n) is 16.4. The zero-order valence-corrected chi connectivity index (χ0v) is 18.0. The Kier molecular flexibility index (Phi) is 4.71. The first-order valence-electron chi connectivity index (χ1n) is 9.61. The van der Waals surface area contributed by atoms with Crippen LogP contribution in [0.4, 0.5) is 5.69 Å². The molecule has 0 fully saturated rings. The Morgan fingerprint density at radius 3 is 2.66 bits per heavy atom. The van der Waals surface area contributed by atoms with Crippen molar-refractivity contribution in [3.63, 3.8) is 0 Å². The number of carbonyl (C=O) groups is 2. The molecule has 0 saturated carbocycles. The van der Waals surface area contributed by atoms with Crippen molar-refractivity contribution in [3.05, 3.63) is 98.5 Å². The van der Waals surface area contributed by atoms with E-state index < -0.39 is 5.97 Å². The number of aromatic carboxylic acids is 1. The van der Waals surface area contributed by atoms with Gasteiger partial charge >= 0.3 is 5.97 Å². The fourth-order valence-corrected chi connectivity index (χ4v) is 4.07. The van der Waals surface area contributed by atoms with Crippen LogP contribution < -0.4 is 10.9 Å². The van der Waals surface area contributed by atoms with Crippen molar-refractivity contribution in [2.75, 3.05) is 5.32 Å². The van der Waals surface area contributed by atoms with Gasteiger partial charge in [0, 0.05) is 15.7 Å². The summed E-state index contributed by atoms with van der Waals surface area (Å²) >= 11 is 3.42. The van der Waals surface area contributed by atoms with Gasteiger partial charge in [0.15, 0.2) is 0 Å². The standard InChI is InChI=1S/C24H14BrN3O4/c25-14-8-9-20-17(11-14)18(22(29)27-20)12-21-26-19-7-2-1-6-16(19)23(30)28(21)15-5-3-4-13(10-15)24(31)32/h1-12H,(H,27,29)(H,31,32)/b18-12-. The van der Waals surface area contributed by atoms with Gasteiger partial charge in [0.1, 0.15) is 5.82 Å². The third-order valence-corrected chi connectivity index (χ3v) is 5.68. The molecule has 1 aliphatic rings. The number of para-hydroxylation sites is 1. The maximum absolute atomic E-state index is 13.4. The third-order valence-electron chi connectivity index (χ3n) is 5.19. The first-order chi connectivity index (χ1) is 15.4. The molecule has 1 aromatic heterocycles. The minimum absolute atomic E-state index is 0.0362. The zero-order chi connectivity index (χ0) is 22.4. The minimum Gasteiger partial charge on any atom is -0.478 e. The van der Waals surface area contributed by atoms with Gasteiger partial charge in [-0.05, 0) is 54.6 Å². The van der Waals surface area contributed by atoms with E-state index in [0.717, 1.165) is 4.47 Å². The van der Waals surface area contributed by atoms with Crippen LogP contribution in [-0.2, 0) is 4.79 Å². The Bertz CT molecular complexity index is 1540. The van der Waals surface area contributed by atoms with E-state index in [-0.39, 0.29) is 22.9 Å². The van der Waals surface area contributed by atoms with Gasteiger partial charge in [-0.3, -0.25) is 14.2 Å². The van der Waals surface area contributed by atoms with E-state index in [1.807, 2.05) is 12.1 Å². The topological polar surface area (TPSA) is 101 Å². The number of carboxylic acid groups (broad SMARTS) is 1. The third kappa shape index (κ3) is 3.30. The van der Waals surface area contributed by atoms with Crippen LogP contribution in [0.3, 0.4) is 0 Å². The van der Waals surface area contributed by atoms with Crippen LogP contribution in [0.15, 0.2) is 76.0 Å². The van der Waals surface area contributed by atoms with E-state index >= 15 is 0 Å². The Balaban J connectivity index is 1.82. The molecule has 156 valence electrons. The predicted octanol–water partition coefficient (Wildman–Crippen LogP) is 4.34. The molecular weight excluding hydrogens is 474 g/mol. The summed E-state index contributed by atoms with van der Waals surface area (Å²) in [5.74, 6) is -1.21. The highest BCUT2D eigenvalue weighted by Gasteiger charge is 2.25. The van der Waals surface area contributed by atoms with Crippen LogP contribution in [-0.4, -0.2) is 26.5 Å². The van der Waals surface area contributed by atoms with Gasteiger partial charge in [0.25, 0.3) is 11.5 Å². The molecule has 1 aliphatic heterocycles.